The van der Waals surface area contributed by atoms with Crippen LogP contribution >= 0.6 is 11.6 Å². The second-order valence-corrected chi connectivity index (χ2v) is 6.23. The molecule has 0 bridgehead atoms. The van der Waals surface area contributed by atoms with E-state index in [9.17, 15) is 9.59 Å². The highest BCUT2D eigenvalue weighted by atomic mass is 35.5. The van der Waals surface area contributed by atoms with E-state index in [2.05, 4.69) is 5.32 Å². The van der Waals surface area contributed by atoms with Gasteiger partial charge in [0.25, 0.3) is 0 Å². The molecule has 1 aromatic rings. The van der Waals surface area contributed by atoms with Crippen LogP contribution < -0.4 is 10.2 Å². The number of nitrogens with one attached hydrogen (secondary N) is 1. The highest BCUT2D eigenvalue weighted by molar-refractivity contribution is 6.30. The monoisotopic (exact) mass is 306 g/mol. The molecule has 2 aliphatic rings. The zero-order valence-electron chi connectivity index (χ0n) is 11.8. The minimum atomic E-state index is -0.540. The molecule has 1 aliphatic carbocycles. The van der Waals surface area contributed by atoms with E-state index < -0.39 is 5.92 Å². The fourth-order valence-electron chi connectivity index (χ4n) is 3.17. The molecule has 0 radical (unpaired) electrons. The summed E-state index contributed by atoms with van der Waals surface area (Å²) >= 11 is 5.86. The predicted octanol–water partition coefficient (Wildman–Crippen LogP) is 2.75. The van der Waals surface area contributed by atoms with Gasteiger partial charge in [0.05, 0.1) is 0 Å². The first-order valence-electron chi connectivity index (χ1n) is 7.52. The summed E-state index contributed by atoms with van der Waals surface area (Å²) in [5, 5.41) is 3.66. The SMILES string of the molecule is O=C(NC1CCCC1)C1CCN(c2ccc(Cl)cc2)C1=O. The maximum atomic E-state index is 12.4. The summed E-state index contributed by atoms with van der Waals surface area (Å²) in [5.74, 6) is -0.752. The molecule has 1 aliphatic heterocycles. The second kappa shape index (κ2) is 6.06. The van der Waals surface area contributed by atoms with Crippen LogP contribution in [0.1, 0.15) is 32.1 Å². The molecular formula is C16H19ClN2O2. The third-order valence-corrected chi connectivity index (χ3v) is 4.61. The van der Waals surface area contributed by atoms with E-state index >= 15 is 0 Å². The first-order valence-corrected chi connectivity index (χ1v) is 7.90. The van der Waals surface area contributed by atoms with Gasteiger partial charge in [-0.05, 0) is 43.5 Å². The number of carbonyl (C=O) groups is 2. The summed E-state index contributed by atoms with van der Waals surface area (Å²) in [5.41, 5.74) is 0.806. The number of halogens is 1. The average molecular weight is 307 g/mol. The smallest absolute Gasteiger partial charge is 0.239 e. The Morgan fingerprint density at radius 3 is 2.48 bits per heavy atom. The maximum absolute atomic E-state index is 12.4. The van der Waals surface area contributed by atoms with Crippen molar-refractivity contribution in [3.05, 3.63) is 29.3 Å². The molecule has 21 heavy (non-hydrogen) atoms. The molecule has 2 fully saturated rings. The number of anilines is 1. The van der Waals surface area contributed by atoms with Crippen molar-refractivity contribution in [3.63, 3.8) is 0 Å². The molecule has 0 aromatic heterocycles. The van der Waals surface area contributed by atoms with E-state index in [1.165, 1.54) is 12.8 Å². The molecule has 3 rings (SSSR count). The highest BCUT2D eigenvalue weighted by Crippen LogP contribution is 2.27. The molecule has 1 N–H and O–H groups in total. The average Bonchev–Trinajstić information content (AvgIpc) is 3.09. The maximum Gasteiger partial charge on any atom is 0.239 e. The van der Waals surface area contributed by atoms with Crippen LogP contribution in [0.4, 0.5) is 5.69 Å². The van der Waals surface area contributed by atoms with Gasteiger partial charge in [-0.1, -0.05) is 24.4 Å². The zero-order chi connectivity index (χ0) is 14.8. The van der Waals surface area contributed by atoms with Gasteiger partial charge in [-0.3, -0.25) is 9.59 Å². The summed E-state index contributed by atoms with van der Waals surface area (Å²) in [4.78, 5) is 26.4. The summed E-state index contributed by atoms with van der Waals surface area (Å²) in [6.07, 6.45) is 4.99. The number of carbonyl (C=O) groups excluding carboxylic acids is 2. The number of benzene rings is 1. The van der Waals surface area contributed by atoms with Crippen molar-refractivity contribution in [1.82, 2.24) is 5.32 Å². The van der Waals surface area contributed by atoms with Gasteiger partial charge < -0.3 is 10.2 Å². The number of rotatable bonds is 3. The number of hydrogen-bond acceptors (Lipinski definition) is 2. The molecular weight excluding hydrogens is 288 g/mol. The van der Waals surface area contributed by atoms with E-state index in [0.29, 0.717) is 18.0 Å². The van der Waals surface area contributed by atoms with Crippen molar-refractivity contribution in [2.24, 2.45) is 5.92 Å². The van der Waals surface area contributed by atoms with E-state index in [0.717, 1.165) is 18.5 Å². The second-order valence-electron chi connectivity index (χ2n) is 5.80. The molecule has 112 valence electrons. The quantitative estimate of drug-likeness (QED) is 0.873. The topological polar surface area (TPSA) is 49.4 Å². The van der Waals surface area contributed by atoms with Gasteiger partial charge in [0.2, 0.25) is 11.8 Å². The fraction of sp³-hybridized carbons (Fsp3) is 0.500. The Bertz CT molecular complexity index is 538. The van der Waals surface area contributed by atoms with Gasteiger partial charge in [0.1, 0.15) is 5.92 Å². The Labute approximate surface area is 129 Å². The van der Waals surface area contributed by atoms with Crippen LogP contribution in [0.2, 0.25) is 5.02 Å². The highest BCUT2D eigenvalue weighted by Gasteiger charge is 2.38. The van der Waals surface area contributed by atoms with E-state index in [1.807, 2.05) is 12.1 Å². The number of amides is 2. The van der Waals surface area contributed by atoms with Crippen LogP contribution in [-0.2, 0) is 9.59 Å². The van der Waals surface area contributed by atoms with Crippen LogP contribution in [0.15, 0.2) is 24.3 Å². The van der Waals surface area contributed by atoms with Crippen molar-refractivity contribution in [2.45, 2.75) is 38.1 Å². The molecule has 2 amide bonds. The van der Waals surface area contributed by atoms with Crippen molar-refractivity contribution >= 4 is 29.1 Å². The molecule has 1 atom stereocenters. The Kier molecular flexibility index (Phi) is 4.15. The van der Waals surface area contributed by atoms with Crippen LogP contribution in [-0.4, -0.2) is 24.4 Å². The summed E-state index contributed by atoms with van der Waals surface area (Å²) in [6.45, 7) is 0.587. The largest absolute Gasteiger partial charge is 0.353 e. The lowest BCUT2D eigenvalue weighted by Crippen LogP contribution is -2.40. The molecule has 0 spiro atoms. The zero-order valence-corrected chi connectivity index (χ0v) is 12.6. The molecule has 4 nitrogen and oxygen atoms in total. The van der Waals surface area contributed by atoms with Crippen LogP contribution in [0, 0.1) is 5.92 Å². The van der Waals surface area contributed by atoms with Crippen LogP contribution in [0.3, 0.4) is 0 Å². The Hall–Kier alpha value is -1.55. The van der Waals surface area contributed by atoms with Gasteiger partial charge >= 0.3 is 0 Å². The van der Waals surface area contributed by atoms with Crippen molar-refractivity contribution < 1.29 is 9.59 Å². The Morgan fingerprint density at radius 2 is 1.81 bits per heavy atom. The van der Waals surface area contributed by atoms with E-state index in [1.54, 1.807) is 17.0 Å². The summed E-state index contributed by atoms with van der Waals surface area (Å²) in [7, 11) is 0. The number of nitrogens with zero attached hydrogens (tertiary/aromatic N) is 1. The minimum Gasteiger partial charge on any atom is -0.353 e. The van der Waals surface area contributed by atoms with Crippen molar-refractivity contribution in [1.29, 1.82) is 0 Å². The van der Waals surface area contributed by atoms with E-state index in [-0.39, 0.29) is 17.9 Å². The first-order chi connectivity index (χ1) is 10.1. The molecule has 1 aromatic carbocycles. The molecule has 1 saturated heterocycles. The minimum absolute atomic E-state index is 0.104. The van der Waals surface area contributed by atoms with E-state index in [4.69, 9.17) is 11.6 Å². The fourth-order valence-corrected chi connectivity index (χ4v) is 3.30. The summed E-state index contributed by atoms with van der Waals surface area (Å²) in [6, 6.07) is 7.41. The standard InChI is InChI=1S/C16H19ClN2O2/c17-11-5-7-13(8-6-11)19-10-9-14(16(19)21)15(20)18-12-3-1-2-4-12/h5-8,12,14H,1-4,9-10H2,(H,18,20). The van der Waals surface area contributed by atoms with Gasteiger partial charge in [0, 0.05) is 23.3 Å². The van der Waals surface area contributed by atoms with Gasteiger partial charge in [-0.25, -0.2) is 0 Å². The lowest BCUT2D eigenvalue weighted by atomic mass is 10.1. The normalized spacial score (nSPS) is 22.8. The summed E-state index contributed by atoms with van der Waals surface area (Å²) < 4.78 is 0. The molecule has 1 heterocycles. The molecule has 1 saturated carbocycles. The third-order valence-electron chi connectivity index (χ3n) is 4.36. The number of hydrogen-bond donors (Lipinski definition) is 1. The van der Waals surface area contributed by atoms with Crippen LogP contribution in [0.25, 0.3) is 0 Å². The lowest BCUT2D eigenvalue weighted by Gasteiger charge is -2.18. The van der Waals surface area contributed by atoms with Gasteiger partial charge in [-0.2, -0.15) is 0 Å². The van der Waals surface area contributed by atoms with Gasteiger partial charge in [0.15, 0.2) is 0 Å². The molecule has 1 unspecified atom stereocenters. The van der Waals surface area contributed by atoms with Gasteiger partial charge in [-0.15, -0.1) is 0 Å². The molecule has 5 heteroatoms. The van der Waals surface area contributed by atoms with Crippen LogP contribution in [0.5, 0.6) is 0 Å². The third kappa shape index (κ3) is 3.05. The lowest BCUT2D eigenvalue weighted by molar-refractivity contribution is -0.132. The Morgan fingerprint density at radius 1 is 1.14 bits per heavy atom. The van der Waals surface area contributed by atoms with Crippen molar-refractivity contribution in [3.8, 4) is 0 Å². The van der Waals surface area contributed by atoms with Crippen molar-refractivity contribution in [2.75, 3.05) is 11.4 Å². The predicted molar refractivity (Wildman–Crippen MR) is 82.3 cm³/mol. The Balaban J connectivity index is 1.65. The first kappa shape index (κ1) is 14.4.